The van der Waals surface area contributed by atoms with Crippen LogP contribution in [0.4, 0.5) is 0 Å². The van der Waals surface area contributed by atoms with Gasteiger partial charge in [0.1, 0.15) is 0 Å². The van der Waals surface area contributed by atoms with Crippen LogP contribution in [-0.2, 0) is 22.7 Å². The Morgan fingerprint density at radius 2 is 1.56 bits per heavy atom. The summed E-state index contributed by atoms with van der Waals surface area (Å²) in [4.78, 5) is 3.98. The van der Waals surface area contributed by atoms with Crippen LogP contribution in [0.25, 0.3) is 6.08 Å². The first kappa shape index (κ1) is 17.4. The average Bonchev–Trinajstić information content (AvgIpc) is 2.17. The summed E-state index contributed by atoms with van der Waals surface area (Å²) in [6.07, 6.45) is 3.47. The molecule has 9 heteroatoms. The number of hydrogen-bond donors (Lipinski definition) is 4. The summed E-state index contributed by atoms with van der Waals surface area (Å²) in [5, 5.41) is 0. The minimum Gasteiger partial charge on any atom is -0.284 e. The molecule has 1 heterocycles. The minimum atomic E-state index is -2.61. The predicted molar refractivity (Wildman–Crippen MR) is 61.1 cm³/mol. The van der Waals surface area contributed by atoms with E-state index in [1.54, 1.807) is 12.3 Å². The highest BCUT2D eigenvalue weighted by Gasteiger charge is 1.77. The van der Waals surface area contributed by atoms with Crippen molar-refractivity contribution in [3.05, 3.63) is 36.7 Å². The molecule has 0 aliphatic rings. The Morgan fingerprint density at radius 3 is 1.75 bits per heavy atom. The molecule has 0 aromatic carbocycles. The number of rotatable bonds is 1. The Bertz CT molecular complexity index is 311. The van der Waals surface area contributed by atoms with Crippen LogP contribution in [0.3, 0.4) is 0 Å². The number of aromatic nitrogens is 1. The van der Waals surface area contributed by atoms with Crippen LogP contribution >= 0.6 is 0 Å². The molecule has 0 unspecified atom stereocenters. The van der Waals surface area contributed by atoms with Crippen LogP contribution in [0.15, 0.2) is 31.0 Å². The SMILES string of the molecule is C=Cc1ccccn1.O=S(O)O.O=S(O)O. The summed E-state index contributed by atoms with van der Waals surface area (Å²) < 4.78 is 45.7. The van der Waals surface area contributed by atoms with Crippen molar-refractivity contribution in [3.63, 3.8) is 0 Å². The molecule has 1 aromatic heterocycles. The van der Waals surface area contributed by atoms with Crippen molar-refractivity contribution in [1.29, 1.82) is 0 Å². The van der Waals surface area contributed by atoms with Gasteiger partial charge < -0.3 is 0 Å². The van der Waals surface area contributed by atoms with Gasteiger partial charge >= 0.3 is 0 Å². The lowest BCUT2D eigenvalue weighted by Gasteiger charge is -1.84. The zero-order valence-electron chi connectivity index (χ0n) is 7.96. The fourth-order valence-corrected chi connectivity index (χ4v) is 0.497. The van der Waals surface area contributed by atoms with Crippen LogP contribution < -0.4 is 0 Å². The number of nitrogens with zero attached hydrogens (tertiary/aromatic N) is 1. The van der Waals surface area contributed by atoms with E-state index in [1.165, 1.54) is 0 Å². The molecule has 0 atom stereocenters. The van der Waals surface area contributed by atoms with E-state index in [1.807, 2.05) is 18.2 Å². The number of hydrogen-bond acceptors (Lipinski definition) is 3. The summed E-state index contributed by atoms with van der Waals surface area (Å²) in [5.74, 6) is 0. The lowest BCUT2D eigenvalue weighted by atomic mass is 10.4. The molecular formula is C7H11NO6S2. The van der Waals surface area contributed by atoms with Crippen molar-refractivity contribution in [2.75, 3.05) is 0 Å². The van der Waals surface area contributed by atoms with E-state index >= 15 is 0 Å². The summed E-state index contributed by atoms with van der Waals surface area (Å²) >= 11 is -5.22. The van der Waals surface area contributed by atoms with Crippen LogP contribution in [0.5, 0.6) is 0 Å². The molecule has 0 spiro atoms. The highest BCUT2D eigenvalue weighted by atomic mass is 32.2. The van der Waals surface area contributed by atoms with Gasteiger partial charge in [0.05, 0.1) is 5.69 Å². The van der Waals surface area contributed by atoms with Crippen molar-refractivity contribution in [3.8, 4) is 0 Å². The first-order valence-electron chi connectivity index (χ1n) is 3.53. The summed E-state index contributed by atoms with van der Waals surface area (Å²) in [5.41, 5.74) is 0.924. The van der Waals surface area contributed by atoms with Gasteiger partial charge in [-0.3, -0.25) is 23.2 Å². The van der Waals surface area contributed by atoms with E-state index in [4.69, 9.17) is 26.6 Å². The smallest absolute Gasteiger partial charge is 0.284 e. The van der Waals surface area contributed by atoms with E-state index in [0.29, 0.717) is 0 Å². The van der Waals surface area contributed by atoms with Crippen molar-refractivity contribution in [2.24, 2.45) is 0 Å². The molecule has 1 rings (SSSR count). The second-order valence-corrected chi connectivity index (χ2v) is 2.84. The third-order valence-corrected chi connectivity index (χ3v) is 0.897. The van der Waals surface area contributed by atoms with Gasteiger partial charge in [-0.2, -0.15) is 8.42 Å². The van der Waals surface area contributed by atoms with E-state index in [9.17, 15) is 0 Å². The van der Waals surface area contributed by atoms with E-state index < -0.39 is 22.7 Å². The predicted octanol–water partition coefficient (Wildman–Crippen LogP) is 1.09. The standard InChI is InChI=1S/C7H7N.2H2O3S/c1-2-7-5-3-4-6-8-7;2*1-4(2)3/h2-6H,1H2;2*(H2,1,2,3). The summed E-state index contributed by atoms with van der Waals surface area (Å²) in [7, 11) is 0. The van der Waals surface area contributed by atoms with Crippen molar-refractivity contribution in [1.82, 2.24) is 4.98 Å². The highest BCUT2D eigenvalue weighted by Crippen LogP contribution is 1.91. The summed E-state index contributed by atoms with van der Waals surface area (Å²) in [6.45, 7) is 3.57. The molecule has 0 saturated carbocycles. The topological polar surface area (TPSA) is 128 Å². The monoisotopic (exact) mass is 269 g/mol. The van der Waals surface area contributed by atoms with Crippen molar-refractivity contribution in [2.45, 2.75) is 0 Å². The largest absolute Gasteiger partial charge is 0.299 e. The first-order valence-corrected chi connectivity index (χ1v) is 5.66. The Kier molecular flexibility index (Phi) is 13.2. The average molecular weight is 269 g/mol. The second-order valence-electron chi connectivity index (χ2n) is 1.92. The molecule has 0 aliphatic carbocycles. The third kappa shape index (κ3) is 23.1. The second kappa shape index (κ2) is 12.1. The van der Waals surface area contributed by atoms with Crippen molar-refractivity contribution < 1.29 is 26.6 Å². The molecule has 0 saturated heterocycles. The zero-order chi connectivity index (χ0) is 13.0. The number of pyridine rings is 1. The molecule has 16 heavy (non-hydrogen) atoms. The molecule has 0 aliphatic heterocycles. The van der Waals surface area contributed by atoms with Gasteiger partial charge in [-0.05, 0) is 18.2 Å². The zero-order valence-corrected chi connectivity index (χ0v) is 9.60. The van der Waals surface area contributed by atoms with Crippen LogP contribution in [0.1, 0.15) is 5.69 Å². The third-order valence-electron chi connectivity index (χ3n) is 0.897. The maximum Gasteiger partial charge on any atom is 0.299 e. The maximum atomic E-state index is 8.67. The molecule has 0 bridgehead atoms. The normalized spacial score (nSPS) is 8.62. The molecule has 1 aromatic rings. The van der Waals surface area contributed by atoms with Gasteiger partial charge in [-0.15, -0.1) is 0 Å². The Balaban J connectivity index is 0. The van der Waals surface area contributed by atoms with Crippen molar-refractivity contribution >= 4 is 28.8 Å². The molecule has 4 N–H and O–H groups in total. The Morgan fingerprint density at radius 1 is 1.12 bits per heavy atom. The Labute approximate surface area is 97.5 Å². The fraction of sp³-hybridized carbons (Fsp3) is 0. The van der Waals surface area contributed by atoms with E-state index in [2.05, 4.69) is 11.6 Å². The van der Waals surface area contributed by atoms with E-state index in [-0.39, 0.29) is 0 Å². The quantitative estimate of drug-likeness (QED) is 0.562. The van der Waals surface area contributed by atoms with Crippen LogP contribution in [0, 0.1) is 0 Å². The maximum absolute atomic E-state index is 8.67. The van der Waals surface area contributed by atoms with Gasteiger partial charge in [-0.1, -0.05) is 12.6 Å². The molecule has 92 valence electrons. The highest BCUT2D eigenvalue weighted by molar-refractivity contribution is 7.73. The molecule has 0 radical (unpaired) electrons. The van der Waals surface area contributed by atoms with Gasteiger partial charge in [0.25, 0.3) is 22.7 Å². The van der Waals surface area contributed by atoms with Crippen LogP contribution in [-0.4, -0.2) is 31.6 Å². The lowest BCUT2D eigenvalue weighted by molar-refractivity contribution is 0.452. The molecule has 7 nitrogen and oxygen atoms in total. The van der Waals surface area contributed by atoms with Gasteiger partial charge in [-0.25, -0.2) is 0 Å². The molecular weight excluding hydrogens is 258 g/mol. The summed E-state index contributed by atoms with van der Waals surface area (Å²) in [6, 6.07) is 5.73. The van der Waals surface area contributed by atoms with Gasteiger partial charge in [0, 0.05) is 6.20 Å². The van der Waals surface area contributed by atoms with Gasteiger partial charge in [0.2, 0.25) is 0 Å². The van der Waals surface area contributed by atoms with Gasteiger partial charge in [0.15, 0.2) is 0 Å². The molecule has 0 fully saturated rings. The molecule has 0 amide bonds. The lowest BCUT2D eigenvalue weighted by Crippen LogP contribution is -1.74. The minimum absolute atomic E-state index is 0.924. The first-order chi connectivity index (χ1) is 7.40. The Hall–Kier alpha value is -0.970. The van der Waals surface area contributed by atoms with E-state index in [0.717, 1.165) is 5.69 Å². The fourth-order valence-electron chi connectivity index (χ4n) is 0.497. The van der Waals surface area contributed by atoms with Crippen LogP contribution in [0.2, 0.25) is 0 Å².